The molecule has 0 saturated carbocycles. The van der Waals surface area contributed by atoms with Gasteiger partial charge < -0.3 is 16.0 Å². The Bertz CT molecular complexity index is 505. The second-order valence-electron chi connectivity index (χ2n) is 4.63. The van der Waals surface area contributed by atoms with Crippen molar-refractivity contribution in [3.8, 4) is 0 Å². The molecule has 0 bridgehead atoms. The molecule has 0 radical (unpaired) electrons. The lowest BCUT2D eigenvalue weighted by molar-refractivity contribution is -0.123. The fraction of sp³-hybridized carbons (Fsp3) is 0.462. The van der Waals surface area contributed by atoms with Crippen molar-refractivity contribution in [3.63, 3.8) is 0 Å². The number of anilines is 1. The third-order valence-corrected chi connectivity index (χ3v) is 2.54. The van der Waals surface area contributed by atoms with Gasteiger partial charge in [-0.05, 0) is 26.8 Å². The number of hydrogen-bond donors (Lipinski definition) is 3. The molecule has 0 spiro atoms. The number of pyridine rings is 1. The molecule has 7 heteroatoms. The number of hydrogen-bond acceptors (Lipinski definition) is 4. The maximum Gasteiger partial charge on any atom is 0.255 e. The molecule has 20 heavy (non-hydrogen) atoms. The molecule has 0 aliphatic carbocycles. The lowest BCUT2D eigenvalue weighted by Gasteiger charge is -2.16. The first-order valence-corrected chi connectivity index (χ1v) is 6.30. The molecule has 1 rings (SSSR count). The quantitative estimate of drug-likeness (QED) is 0.749. The van der Waals surface area contributed by atoms with E-state index >= 15 is 0 Å². The minimum atomic E-state index is -0.754. The summed E-state index contributed by atoms with van der Waals surface area (Å²) >= 11 is 0. The molecule has 3 N–H and O–H groups in total. The molecule has 0 aromatic carbocycles. The Hall–Kier alpha value is -2.18. The monoisotopic (exact) mass is 282 g/mol. The third kappa shape index (κ3) is 3.91. The first-order valence-electron chi connectivity index (χ1n) is 6.30. The number of carbonyl (C=O) groups excluding carboxylic acids is 2. The van der Waals surface area contributed by atoms with Crippen LogP contribution in [0.2, 0.25) is 0 Å². The fourth-order valence-electron chi connectivity index (χ4n) is 1.54. The van der Waals surface area contributed by atoms with Crippen molar-refractivity contribution in [3.05, 3.63) is 23.6 Å². The summed E-state index contributed by atoms with van der Waals surface area (Å²) in [5.74, 6) is -1.75. The maximum absolute atomic E-state index is 13.9. The van der Waals surface area contributed by atoms with Crippen molar-refractivity contribution in [2.24, 2.45) is 0 Å². The van der Waals surface area contributed by atoms with E-state index in [0.29, 0.717) is 0 Å². The van der Waals surface area contributed by atoms with E-state index < -0.39 is 17.8 Å². The van der Waals surface area contributed by atoms with Gasteiger partial charge >= 0.3 is 0 Å². The van der Waals surface area contributed by atoms with Gasteiger partial charge in [0.15, 0.2) is 11.6 Å². The summed E-state index contributed by atoms with van der Waals surface area (Å²) in [6.45, 7) is 5.16. The van der Waals surface area contributed by atoms with Crippen molar-refractivity contribution < 1.29 is 14.0 Å². The van der Waals surface area contributed by atoms with Gasteiger partial charge in [-0.25, -0.2) is 9.37 Å². The molecule has 1 aromatic rings. The van der Waals surface area contributed by atoms with Gasteiger partial charge in [0.25, 0.3) is 5.91 Å². The average Bonchev–Trinajstić information content (AvgIpc) is 2.37. The van der Waals surface area contributed by atoms with Crippen molar-refractivity contribution in [1.29, 1.82) is 0 Å². The van der Waals surface area contributed by atoms with Crippen molar-refractivity contribution in [2.45, 2.75) is 32.9 Å². The molecule has 0 aliphatic rings. The highest BCUT2D eigenvalue weighted by molar-refractivity contribution is 5.98. The summed E-state index contributed by atoms with van der Waals surface area (Å²) in [7, 11) is 1.51. The van der Waals surface area contributed by atoms with Crippen molar-refractivity contribution in [1.82, 2.24) is 15.6 Å². The Morgan fingerprint density at radius 1 is 1.25 bits per heavy atom. The van der Waals surface area contributed by atoms with Gasteiger partial charge in [0, 0.05) is 19.3 Å². The number of amides is 2. The molecule has 1 atom stereocenters. The van der Waals surface area contributed by atoms with Crippen LogP contribution in [0, 0.1) is 5.82 Å². The van der Waals surface area contributed by atoms with E-state index in [-0.39, 0.29) is 23.3 Å². The Labute approximate surface area is 117 Å². The minimum absolute atomic E-state index is 0.0167. The van der Waals surface area contributed by atoms with Crippen LogP contribution in [-0.4, -0.2) is 35.9 Å². The van der Waals surface area contributed by atoms with Gasteiger partial charge in [0.05, 0.1) is 5.56 Å². The van der Waals surface area contributed by atoms with E-state index in [2.05, 4.69) is 20.9 Å². The lowest BCUT2D eigenvalue weighted by Crippen LogP contribution is -2.46. The molecule has 1 aromatic heterocycles. The first-order chi connectivity index (χ1) is 9.36. The summed E-state index contributed by atoms with van der Waals surface area (Å²) in [6, 6.07) is 0.476. The largest absolute Gasteiger partial charge is 0.371 e. The van der Waals surface area contributed by atoms with E-state index in [1.807, 2.05) is 13.8 Å². The second-order valence-corrected chi connectivity index (χ2v) is 4.63. The van der Waals surface area contributed by atoms with E-state index in [0.717, 1.165) is 0 Å². The molecule has 1 unspecified atom stereocenters. The molecule has 110 valence electrons. The summed E-state index contributed by atoms with van der Waals surface area (Å²) in [6.07, 6.45) is 1.32. The minimum Gasteiger partial charge on any atom is -0.371 e. The smallest absolute Gasteiger partial charge is 0.255 e. The van der Waals surface area contributed by atoms with Gasteiger partial charge in [-0.1, -0.05) is 0 Å². The van der Waals surface area contributed by atoms with Crippen LogP contribution in [0.4, 0.5) is 10.2 Å². The summed E-state index contributed by atoms with van der Waals surface area (Å²) in [4.78, 5) is 27.4. The van der Waals surface area contributed by atoms with E-state index in [4.69, 9.17) is 0 Å². The summed E-state index contributed by atoms with van der Waals surface area (Å²) in [5.41, 5.74) is -0.159. The number of nitrogens with one attached hydrogen (secondary N) is 3. The molecule has 2 amide bonds. The second kappa shape index (κ2) is 6.83. The van der Waals surface area contributed by atoms with Crippen LogP contribution in [0.15, 0.2) is 12.3 Å². The molecule has 0 saturated heterocycles. The van der Waals surface area contributed by atoms with Crippen LogP contribution < -0.4 is 16.0 Å². The maximum atomic E-state index is 13.9. The van der Waals surface area contributed by atoms with E-state index in [1.54, 1.807) is 0 Å². The topological polar surface area (TPSA) is 83.1 Å². The van der Waals surface area contributed by atoms with Gasteiger partial charge in [0.1, 0.15) is 6.04 Å². The average molecular weight is 282 g/mol. The number of rotatable bonds is 5. The van der Waals surface area contributed by atoms with E-state index in [1.165, 1.54) is 26.2 Å². The number of aromatic nitrogens is 1. The van der Waals surface area contributed by atoms with Crippen LogP contribution in [0.1, 0.15) is 31.1 Å². The highest BCUT2D eigenvalue weighted by Crippen LogP contribution is 2.14. The zero-order valence-corrected chi connectivity index (χ0v) is 12.0. The zero-order chi connectivity index (χ0) is 15.3. The predicted octanol–water partition coefficient (Wildman–Crippen LogP) is 0.905. The first kappa shape index (κ1) is 15.9. The zero-order valence-electron chi connectivity index (χ0n) is 12.0. The third-order valence-electron chi connectivity index (χ3n) is 2.54. The molecule has 0 aliphatic heterocycles. The van der Waals surface area contributed by atoms with E-state index in [9.17, 15) is 14.0 Å². The number of halogens is 1. The number of carbonyl (C=O) groups is 2. The molecule has 0 fully saturated rings. The standard InChI is InChI=1S/C13H19FN4O2/c1-7(2)17-12(19)8(3)18-13(20)9-5-6-16-11(15-4)10(9)14/h5-8H,1-4H3,(H,15,16)(H,17,19)(H,18,20). The summed E-state index contributed by atoms with van der Waals surface area (Å²) in [5, 5.41) is 7.66. The van der Waals surface area contributed by atoms with Crippen LogP contribution in [0.25, 0.3) is 0 Å². The highest BCUT2D eigenvalue weighted by atomic mass is 19.1. The van der Waals surface area contributed by atoms with Gasteiger partial charge in [0.2, 0.25) is 5.91 Å². The van der Waals surface area contributed by atoms with Crippen molar-refractivity contribution >= 4 is 17.6 Å². The SMILES string of the molecule is CNc1nccc(C(=O)NC(C)C(=O)NC(C)C)c1F. The highest BCUT2D eigenvalue weighted by Gasteiger charge is 2.20. The van der Waals surface area contributed by atoms with Gasteiger partial charge in [-0.3, -0.25) is 9.59 Å². The molecular weight excluding hydrogens is 263 g/mol. The predicted molar refractivity (Wildman–Crippen MR) is 73.9 cm³/mol. The van der Waals surface area contributed by atoms with Gasteiger partial charge in [-0.2, -0.15) is 0 Å². The fourth-order valence-corrected chi connectivity index (χ4v) is 1.54. The molecule has 1 heterocycles. The Morgan fingerprint density at radius 2 is 1.90 bits per heavy atom. The van der Waals surface area contributed by atoms with Crippen molar-refractivity contribution in [2.75, 3.05) is 12.4 Å². The molecular formula is C13H19FN4O2. The number of nitrogens with zero attached hydrogens (tertiary/aromatic N) is 1. The van der Waals surface area contributed by atoms with Crippen LogP contribution in [0.3, 0.4) is 0 Å². The van der Waals surface area contributed by atoms with Crippen LogP contribution in [-0.2, 0) is 4.79 Å². The Kier molecular flexibility index (Phi) is 5.42. The summed E-state index contributed by atoms with van der Waals surface area (Å²) < 4.78 is 13.9. The van der Waals surface area contributed by atoms with Gasteiger partial charge in [-0.15, -0.1) is 0 Å². The Morgan fingerprint density at radius 3 is 2.45 bits per heavy atom. The Balaban J connectivity index is 2.79. The lowest BCUT2D eigenvalue weighted by atomic mass is 10.2. The molecule has 6 nitrogen and oxygen atoms in total. The van der Waals surface area contributed by atoms with Crippen LogP contribution >= 0.6 is 0 Å². The normalized spacial score (nSPS) is 11.9. The van der Waals surface area contributed by atoms with Crippen LogP contribution in [0.5, 0.6) is 0 Å².